The van der Waals surface area contributed by atoms with Crippen LogP contribution in [0, 0.1) is 0 Å². The van der Waals surface area contributed by atoms with Crippen LogP contribution in [0.15, 0.2) is 53.3 Å². The molecule has 1 fully saturated rings. The van der Waals surface area contributed by atoms with Gasteiger partial charge in [-0.1, -0.05) is 24.3 Å². The number of nitrogens with zero attached hydrogens (tertiary/aromatic N) is 3. The van der Waals surface area contributed by atoms with Crippen LogP contribution in [0.4, 0.5) is 16.3 Å². The summed E-state index contributed by atoms with van der Waals surface area (Å²) in [6, 6.07) is 14.9. The normalized spacial score (nSPS) is 14.4. The van der Waals surface area contributed by atoms with Crippen LogP contribution in [0.1, 0.15) is 26.7 Å². The van der Waals surface area contributed by atoms with Gasteiger partial charge in [-0.05, 0) is 51.0 Å². The molecule has 2 aromatic carbocycles. The minimum absolute atomic E-state index is 0.0272. The fourth-order valence-electron chi connectivity index (χ4n) is 4.13. The van der Waals surface area contributed by atoms with Crippen LogP contribution in [-0.4, -0.2) is 41.3 Å². The first-order valence-corrected chi connectivity index (χ1v) is 11.1. The third kappa shape index (κ3) is 4.54. The molecule has 8 heteroatoms. The molecule has 1 aliphatic heterocycles. The molecule has 1 saturated heterocycles. The van der Waals surface area contributed by atoms with Crippen molar-refractivity contribution < 1.29 is 9.53 Å². The lowest BCUT2D eigenvalue weighted by Gasteiger charge is -2.33. The van der Waals surface area contributed by atoms with Gasteiger partial charge >= 0.3 is 6.03 Å². The summed E-state index contributed by atoms with van der Waals surface area (Å²) >= 11 is 0. The molecule has 4 rings (SSSR count). The van der Waals surface area contributed by atoms with E-state index >= 15 is 0 Å². The molecule has 2 N–H and O–H groups in total. The summed E-state index contributed by atoms with van der Waals surface area (Å²) in [7, 11) is 0. The Morgan fingerprint density at radius 1 is 1.09 bits per heavy atom. The van der Waals surface area contributed by atoms with Crippen molar-refractivity contribution >= 4 is 28.6 Å². The highest BCUT2D eigenvalue weighted by atomic mass is 16.5. The van der Waals surface area contributed by atoms with Crippen molar-refractivity contribution in [1.82, 2.24) is 14.9 Å². The first kappa shape index (κ1) is 21.7. The van der Waals surface area contributed by atoms with Crippen molar-refractivity contribution in [3.8, 4) is 5.75 Å². The standard InChI is InChI=1S/C24H29N5O3/c1-3-29-20-11-7-5-9-18(20)26-22(23(29)30)28-15-13-17(14-16-28)25-24(31)27-19-10-6-8-12-21(19)32-4-2/h5-12,17H,3-4,13-16H2,1-2H3,(H2,25,27,31). The Labute approximate surface area is 187 Å². The van der Waals surface area contributed by atoms with E-state index in [0.717, 1.165) is 23.9 Å². The van der Waals surface area contributed by atoms with Gasteiger partial charge < -0.3 is 24.8 Å². The van der Waals surface area contributed by atoms with Gasteiger partial charge in [0.1, 0.15) is 5.75 Å². The SMILES string of the molecule is CCOc1ccccc1NC(=O)NC1CCN(c2nc3ccccc3n(CC)c2=O)CC1. The number of carbonyl (C=O) groups excluding carboxylic acids is 1. The van der Waals surface area contributed by atoms with Crippen LogP contribution in [0.3, 0.4) is 0 Å². The van der Waals surface area contributed by atoms with E-state index in [2.05, 4.69) is 15.6 Å². The summed E-state index contributed by atoms with van der Waals surface area (Å²) in [6.07, 6.45) is 1.47. The van der Waals surface area contributed by atoms with Gasteiger partial charge in [0.15, 0.2) is 5.82 Å². The topological polar surface area (TPSA) is 88.5 Å². The average molecular weight is 436 g/mol. The highest BCUT2D eigenvalue weighted by Gasteiger charge is 2.24. The Hall–Kier alpha value is -3.55. The number of urea groups is 1. The number of benzene rings is 2. The number of para-hydroxylation sites is 4. The number of aromatic nitrogens is 2. The molecule has 0 aliphatic carbocycles. The van der Waals surface area contributed by atoms with E-state index in [4.69, 9.17) is 4.74 Å². The monoisotopic (exact) mass is 435 g/mol. The maximum atomic E-state index is 13.0. The highest BCUT2D eigenvalue weighted by Crippen LogP contribution is 2.24. The minimum Gasteiger partial charge on any atom is -0.492 e. The van der Waals surface area contributed by atoms with Crippen molar-refractivity contribution in [3.05, 3.63) is 58.9 Å². The summed E-state index contributed by atoms with van der Waals surface area (Å²) in [5.74, 6) is 1.13. The summed E-state index contributed by atoms with van der Waals surface area (Å²) < 4.78 is 7.33. The Kier molecular flexibility index (Phi) is 6.58. The van der Waals surface area contributed by atoms with Gasteiger partial charge in [0.2, 0.25) is 0 Å². The van der Waals surface area contributed by atoms with Crippen LogP contribution in [0.25, 0.3) is 11.0 Å². The number of nitrogens with one attached hydrogen (secondary N) is 2. The van der Waals surface area contributed by atoms with Crippen LogP contribution in [-0.2, 0) is 6.54 Å². The summed E-state index contributed by atoms with van der Waals surface area (Å²) in [5.41, 5.74) is 2.24. The zero-order chi connectivity index (χ0) is 22.5. The summed E-state index contributed by atoms with van der Waals surface area (Å²) in [4.78, 5) is 32.2. The molecule has 0 saturated carbocycles. The fourth-order valence-corrected chi connectivity index (χ4v) is 4.13. The molecule has 0 atom stereocenters. The second-order valence-electron chi connectivity index (χ2n) is 7.76. The van der Waals surface area contributed by atoms with Crippen LogP contribution < -0.4 is 25.8 Å². The first-order chi connectivity index (χ1) is 15.6. The molecule has 0 unspecified atom stereocenters. The number of ether oxygens (including phenoxy) is 1. The Balaban J connectivity index is 1.40. The molecule has 2 amide bonds. The van der Waals surface area contributed by atoms with Crippen molar-refractivity contribution in [2.45, 2.75) is 39.3 Å². The number of aryl methyl sites for hydroxylation is 1. The molecule has 0 radical (unpaired) electrons. The molecule has 1 aliphatic rings. The molecule has 32 heavy (non-hydrogen) atoms. The zero-order valence-electron chi connectivity index (χ0n) is 18.5. The van der Waals surface area contributed by atoms with E-state index < -0.39 is 0 Å². The Bertz CT molecular complexity index is 1150. The summed E-state index contributed by atoms with van der Waals surface area (Å²) in [5, 5.41) is 5.91. The molecular formula is C24H29N5O3. The van der Waals surface area contributed by atoms with E-state index in [1.165, 1.54) is 0 Å². The number of amides is 2. The van der Waals surface area contributed by atoms with Crippen molar-refractivity contribution in [1.29, 1.82) is 0 Å². The lowest BCUT2D eigenvalue weighted by molar-refractivity contribution is 0.245. The van der Waals surface area contributed by atoms with E-state index in [0.29, 0.717) is 43.5 Å². The van der Waals surface area contributed by atoms with Gasteiger partial charge in [-0.25, -0.2) is 9.78 Å². The van der Waals surface area contributed by atoms with Gasteiger partial charge in [0.25, 0.3) is 5.56 Å². The lowest BCUT2D eigenvalue weighted by atomic mass is 10.1. The molecule has 0 bridgehead atoms. The van der Waals surface area contributed by atoms with Gasteiger partial charge in [0, 0.05) is 25.7 Å². The Morgan fingerprint density at radius 3 is 2.56 bits per heavy atom. The van der Waals surface area contributed by atoms with Gasteiger partial charge in [-0.15, -0.1) is 0 Å². The van der Waals surface area contributed by atoms with Crippen LogP contribution in [0.5, 0.6) is 5.75 Å². The van der Waals surface area contributed by atoms with E-state index in [-0.39, 0.29) is 17.6 Å². The highest BCUT2D eigenvalue weighted by molar-refractivity contribution is 5.91. The molecule has 3 aromatic rings. The van der Waals surface area contributed by atoms with Gasteiger partial charge in [0.05, 0.1) is 23.3 Å². The predicted molar refractivity (Wildman–Crippen MR) is 127 cm³/mol. The largest absolute Gasteiger partial charge is 0.492 e. The first-order valence-electron chi connectivity index (χ1n) is 11.1. The Morgan fingerprint density at radius 2 is 1.81 bits per heavy atom. The van der Waals surface area contributed by atoms with Crippen molar-refractivity contribution in [2.75, 3.05) is 29.9 Å². The van der Waals surface area contributed by atoms with E-state index in [1.807, 2.05) is 67.3 Å². The smallest absolute Gasteiger partial charge is 0.319 e. The van der Waals surface area contributed by atoms with E-state index in [9.17, 15) is 9.59 Å². The van der Waals surface area contributed by atoms with Crippen molar-refractivity contribution in [3.63, 3.8) is 0 Å². The number of piperidine rings is 1. The number of hydrogen-bond donors (Lipinski definition) is 2. The van der Waals surface area contributed by atoms with Crippen LogP contribution >= 0.6 is 0 Å². The second-order valence-corrected chi connectivity index (χ2v) is 7.76. The minimum atomic E-state index is -0.257. The number of anilines is 2. The number of carbonyl (C=O) groups is 1. The fraction of sp³-hybridized carbons (Fsp3) is 0.375. The number of fused-ring (bicyclic) bond motifs is 1. The maximum absolute atomic E-state index is 13.0. The number of rotatable bonds is 6. The molecule has 168 valence electrons. The number of hydrogen-bond acceptors (Lipinski definition) is 5. The molecule has 1 aromatic heterocycles. The quantitative estimate of drug-likeness (QED) is 0.618. The zero-order valence-corrected chi connectivity index (χ0v) is 18.5. The van der Waals surface area contributed by atoms with E-state index in [1.54, 1.807) is 4.57 Å². The third-order valence-electron chi connectivity index (χ3n) is 5.72. The third-order valence-corrected chi connectivity index (χ3v) is 5.72. The second kappa shape index (κ2) is 9.72. The van der Waals surface area contributed by atoms with Gasteiger partial charge in [-0.3, -0.25) is 4.79 Å². The molecule has 2 heterocycles. The summed E-state index contributed by atoms with van der Waals surface area (Å²) in [6.45, 7) is 6.31. The van der Waals surface area contributed by atoms with Crippen molar-refractivity contribution in [2.24, 2.45) is 0 Å². The lowest BCUT2D eigenvalue weighted by Crippen LogP contribution is -2.47. The maximum Gasteiger partial charge on any atom is 0.319 e. The average Bonchev–Trinajstić information content (AvgIpc) is 2.81. The van der Waals surface area contributed by atoms with Gasteiger partial charge in [-0.2, -0.15) is 0 Å². The molecule has 0 spiro atoms. The van der Waals surface area contributed by atoms with Crippen LogP contribution in [0.2, 0.25) is 0 Å². The predicted octanol–water partition coefficient (Wildman–Crippen LogP) is 3.61. The molecule has 8 nitrogen and oxygen atoms in total. The molecular weight excluding hydrogens is 406 g/mol.